The van der Waals surface area contributed by atoms with Gasteiger partial charge in [0.25, 0.3) is 5.91 Å². The van der Waals surface area contributed by atoms with Gasteiger partial charge >= 0.3 is 0 Å². The van der Waals surface area contributed by atoms with Crippen LogP contribution in [-0.2, 0) is 17.6 Å². The van der Waals surface area contributed by atoms with Gasteiger partial charge in [-0.25, -0.2) is 0 Å². The van der Waals surface area contributed by atoms with E-state index in [0.29, 0.717) is 12.5 Å². The zero-order valence-electron chi connectivity index (χ0n) is 13.1. The normalized spacial score (nSPS) is 17.6. The molecule has 1 heterocycles. The number of amides is 2. The third kappa shape index (κ3) is 4.93. The molecule has 1 saturated carbocycles. The molecule has 7 heteroatoms. The first-order chi connectivity index (χ1) is 10.6. The maximum atomic E-state index is 12.1. The number of thiophene rings is 1. The van der Waals surface area contributed by atoms with Crippen molar-refractivity contribution in [3.05, 3.63) is 21.4 Å². The number of carbonyl (C=O) groups is 2. The van der Waals surface area contributed by atoms with E-state index in [9.17, 15) is 9.59 Å². The van der Waals surface area contributed by atoms with Gasteiger partial charge in [0, 0.05) is 17.5 Å². The average molecular weight is 358 g/mol. The number of nitrogens with two attached hydrogens (primary N) is 1. The summed E-state index contributed by atoms with van der Waals surface area (Å²) in [6.45, 7) is 0.505. The quantitative estimate of drug-likeness (QED) is 0.723. The van der Waals surface area contributed by atoms with Crippen molar-refractivity contribution in [2.24, 2.45) is 11.7 Å². The molecular weight excluding hydrogens is 334 g/mol. The number of fused-ring (bicyclic) bond motifs is 1. The molecule has 5 nitrogen and oxygen atoms in total. The Kier molecular flexibility index (Phi) is 6.44. The zero-order chi connectivity index (χ0) is 15.5. The highest BCUT2D eigenvalue weighted by atomic mass is 35.5. The predicted octanol–water partition coefficient (Wildman–Crippen LogP) is 1.63. The first kappa shape index (κ1) is 18.2. The van der Waals surface area contributed by atoms with E-state index >= 15 is 0 Å². The lowest BCUT2D eigenvalue weighted by Gasteiger charge is -2.11. The molecule has 1 unspecified atom stereocenters. The first-order valence-corrected chi connectivity index (χ1v) is 8.87. The van der Waals surface area contributed by atoms with Crippen LogP contribution in [0, 0.1) is 5.92 Å². The summed E-state index contributed by atoms with van der Waals surface area (Å²) in [5.41, 5.74) is 7.24. The SMILES string of the molecule is Cl.NC(CNC(=O)CNC(=O)c1cc2c(s1)CCCC2)C1CC1. The summed E-state index contributed by atoms with van der Waals surface area (Å²) in [6.07, 6.45) is 6.88. The number of hydrogen-bond acceptors (Lipinski definition) is 4. The summed E-state index contributed by atoms with van der Waals surface area (Å²) < 4.78 is 0. The smallest absolute Gasteiger partial charge is 0.261 e. The average Bonchev–Trinajstić information content (AvgIpc) is 3.28. The second-order valence-electron chi connectivity index (χ2n) is 6.25. The molecule has 1 fully saturated rings. The van der Waals surface area contributed by atoms with Crippen LogP contribution in [0.1, 0.15) is 45.8 Å². The van der Waals surface area contributed by atoms with Crippen molar-refractivity contribution in [3.8, 4) is 0 Å². The van der Waals surface area contributed by atoms with E-state index in [4.69, 9.17) is 5.73 Å². The number of carbonyl (C=O) groups excluding carboxylic acids is 2. The van der Waals surface area contributed by atoms with Crippen molar-refractivity contribution in [3.63, 3.8) is 0 Å². The van der Waals surface area contributed by atoms with Crippen LogP contribution in [0.4, 0.5) is 0 Å². The molecular formula is C16H24ClN3O2S. The molecule has 128 valence electrons. The fourth-order valence-electron chi connectivity index (χ4n) is 2.84. The van der Waals surface area contributed by atoms with Crippen molar-refractivity contribution in [2.75, 3.05) is 13.1 Å². The van der Waals surface area contributed by atoms with Gasteiger partial charge in [-0.1, -0.05) is 0 Å². The molecule has 1 aromatic heterocycles. The molecule has 23 heavy (non-hydrogen) atoms. The van der Waals surface area contributed by atoms with Gasteiger partial charge < -0.3 is 16.4 Å². The highest BCUT2D eigenvalue weighted by Gasteiger charge is 2.28. The minimum atomic E-state index is -0.175. The van der Waals surface area contributed by atoms with E-state index in [1.165, 1.54) is 23.3 Å². The van der Waals surface area contributed by atoms with Crippen molar-refractivity contribution in [1.82, 2.24) is 10.6 Å². The Balaban J connectivity index is 0.00000192. The molecule has 3 rings (SSSR count). The lowest BCUT2D eigenvalue weighted by Crippen LogP contribution is -2.43. The van der Waals surface area contributed by atoms with E-state index in [-0.39, 0.29) is 36.8 Å². The monoisotopic (exact) mass is 357 g/mol. The summed E-state index contributed by atoms with van der Waals surface area (Å²) in [6, 6.07) is 2.03. The summed E-state index contributed by atoms with van der Waals surface area (Å²) in [4.78, 5) is 25.9. The highest BCUT2D eigenvalue weighted by molar-refractivity contribution is 7.14. The van der Waals surface area contributed by atoms with Gasteiger partial charge in [0.15, 0.2) is 0 Å². The van der Waals surface area contributed by atoms with E-state index in [0.717, 1.165) is 30.6 Å². The Morgan fingerprint density at radius 2 is 2.00 bits per heavy atom. The number of rotatable bonds is 6. The fourth-order valence-corrected chi connectivity index (χ4v) is 4.01. The number of hydrogen-bond donors (Lipinski definition) is 3. The Morgan fingerprint density at radius 1 is 1.26 bits per heavy atom. The van der Waals surface area contributed by atoms with Crippen LogP contribution in [-0.4, -0.2) is 30.9 Å². The molecule has 2 aliphatic rings. The van der Waals surface area contributed by atoms with Crippen LogP contribution in [0.5, 0.6) is 0 Å². The molecule has 0 aliphatic heterocycles. The van der Waals surface area contributed by atoms with Gasteiger partial charge in [-0.2, -0.15) is 0 Å². The van der Waals surface area contributed by atoms with Gasteiger partial charge in [-0.05, 0) is 56.1 Å². The second-order valence-corrected chi connectivity index (χ2v) is 7.39. The van der Waals surface area contributed by atoms with Crippen LogP contribution in [0.25, 0.3) is 0 Å². The third-order valence-corrected chi connectivity index (χ3v) is 5.63. The molecule has 1 aromatic rings. The maximum absolute atomic E-state index is 12.1. The Morgan fingerprint density at radius 3 is 2.70 bits per heavy atom. The summed E-state index contributed by atoms with van der Waals surface area (Å²) >= 11 is 1.56. The molecule has 0 aromatic carbocycles. The molecule has 1 atom stereocenters. The third-order valence-electron chi connectivity index (χ3n) is 4.39. The highest BCUT2D eigenvalue weighted by Crippen LogP contribution is 2.31. The van der Waals surface area contributed by atoms with E-state index in [1.807, 2.05) is 6.07 Å². The Hall–Kier alpha value is -1.11. The van der Waals surface area contributed by atoms with Gasteiger partial charge in [0.05, 0.1) is 11.4 Å². The topological polar surface area (TPSA) is 84.2 Å². The van der Waals surface area contributed by atoms with Crippen LogP contribution in [0.3, 0.4) is 0 Å². The van der Waals surface area contributed by atoms with E-state index in [2.05, 4.69) is 10.6 Å². The molecule has 0 bridgehead atoms. The molecule has 0 saturated heterocycles. The molecule has 0 spiro atoms. The molecule has 2 aliphatic carbocycles. The van der Waals surface area contributed by atoms with Crippen LogP contribution in [0.15, 0.2) is 6.07 Å². The predicted molar refractivity (Wildman–Crippen MR) is 94.3 cm³/mol. The summed E-state index contributed by atoms with van der Waals surface area (Å²) in [5, 5.41) is 5.48. The Labute approximate surface area is 146 Å². The lowest BCUT2D eigenvalue weighted by atomic mass is 9.99. The van der Waals surface area contributed by atoms with Gasteiger partial charge in [-0.15, -0.1) is 23.7 Å². The van der Waals surface area contributed by atoms with Crippen molar-refractivity contribution in [2.45, 2.75) is 44.6 Å². The van der Waals surface area contributed by atoms with Crippen LogP contribution >= 0.6 is 23.7 Å². The second kappa shape index (κ2) is 8.13. The first-order valence-electron chi connectivity index (χ1n) is 8.05. The molecule has 2 amide bonds. The standard InChI is InChI=1S/C16H23N3O2S.ClH/c17-12(10-5-6-10)8-18-15(20)9-19-16(21)14-7-11-3-1-2-4-13(11)22-14;/h7,10,12H,1-6,8-9,17H2,(H,18,20)(H,19,21);1H. The summed E-state index contributed by atoms with van der Waals surface area (Å²) in [7, 11) is 0. The summed E-state index contributed by atoms with van der Waals surface area (Å²) in [5.74, 6) is 0.235. The van der Waals surface area contributed by atoms with Crippen molar-refractivity contribution in [1.29, 1.82) is 0 Å². The minimum Gasteiger partial charge on any atom is -0.353 e. The van der Waals surface area contributed by atoms with Crippen molar-refractivity contribution < 1.29 is 9.59 Å². The van der Waals surface area contributed by atoms with Gasteiger partial charge in [0.2, 0.25) is 5.91 Å². The number of nitrogens with one attached hydrogen (secondary N) is 2. The van der Waals surface area contributed by atoms with Gasteiger partial charge in [-0.3, -0.25) is 9.59 Å². The Bertz CT molecular complexity index is 548. The zero-order valence-corrected chi connectivity index (χ0v) is 14.7. The van der Waals surface area contributed by atoms with Crippen LogP contribution in [0.2, 0.25) is 0 Å². The number of aryl methyl sites for hydroxylation is 2. The molecule has 0 radical (unpaired) electrons. The minimum absolute atomic E-state index is 0. The lowest BCUT2D eigenvalue weighted by molar-refractivity contribution is -0.120. The van der Waals surface area contributed by atoms with Crippen molar-refractivity contribution >= 4 is 35.6 Å². The maximum Gasteiger partial charge on any atom is 0.261 e. The van der Waals surface area contributed by atoms with Gasteiger partial charge in [0.1, 0.15) is 0 Å². The fraction of sp³-hybridized carbons (Fsp3) is 0.625. The number of halogens is 1. The molecule has 4 N–H and O–H groups in total. The van der Waals surface area contributed by atoms with E-state index < -0.39 is 0 Å². The van der Waals surface area contributed by atoms with E-state index in [1.54, 1.807) is 11.3 Å². The van der Waals surface area contributed by atoms with Crippen LogP contribution < -0.4 is 16.4 Å². The largest absolute Gasteiger partial charge is 0.353 e.